The summed E-state index contributed by atoms with van der Waals surface area (Å²) >= 11 is 0. The molecule has 3 aliphatic rings. The molecule has 0 aromatic heterocycles. The van der Waals surface area contributed by atoms with E-state index in [4.69, 9.17) is 9.52 Å². The number of hydrogen-bond donors (Lipinski definition) is 1. The van der Waals surface area contributed by atoms with Gasteiger partial charge < -0.3 is 19.0 Å². The number of allylic oxidation sites excluding steroid dienone is 7. The van der Waals surface area contributed by atoms with Crippen LogP contribution >= 0.6 is 0 Å². The lowest BCUT2D eigenvalue weighted by Gasteiger charge is -2.30. The molecule has 1 atom stereocenters. The van der Waals surface area contributed by atoms with Crippen LogP contribution in [0.25, 0.3) is 17.4 Å². The van der Waals surface area contributed by atoms with Gasteiger partial charge in [-0.1, -0.05) is 70.1 Å². The molecular weight excluding hydrogens is 687 g/mol. The summed E-state index contributed by atoms with van der Waals surface area (Å²) in [6.45, 7) is 8.58. The van der Waals surface area contributed by atoms with Crippen molar-refractivity contribution in [3.63, 3.8) is 0 Å². The molecule has 0 radical (unpaired) electrons. The van der Waals surface area contributed by atoms with Crippen LogP contribution in [0.5, 0.6) is 0 Å². The van der Waals surface area contributed by atoms with E-state index in [0.29, 0.717) is 49.9 Å². The lowest BCUT2D eigenvalue weighted by Crippen LogP contribution is -2.29. The van der Waals surface area contributed by atoms with Crippen LogP contribution in [0.1, 0.15) is 89.5 Å². The van der Waals surface area contributed by atoms with Gasteiger partial charge in [0.25, 0.3) is 0 Å². The summed E-state index contributed by atoms with van der Waals surface area (Å²) in [5.74, 6) is -1.16. The number of nitrogens with zero attached hydrogens (tertiary/aromatic N) is 2. The number of rotatable bonds is 15. The molecule has 1 aromatic rings. The van der Waals surface area contributed by atoms with Crippen LogP contribution in [-0.2, 0) is 25.7 Å². The maximum absolute atomic E-state index is 15.5. The first-order valence-electron chi connectivity index (χ1n) is 17.6. The van der Waals surface area contributed by atoms with Gasteiger partial charge in [-0.2, -0.15) is 0 Å². The fourth-order valence-corrected chi connectivity index (χ4v) is 7.11. The number of hydrogen-bond acceptors (Lipinski definition) is 6. The number of benzene rings is 2. The van der Waals surface area contributed by atoms with Crippen molar-refractivity contribution in [3.8, 4) is 11.3 Å². The van der Waals surface area contributed by atoms with Crippen molar-refractivity contribution < 1.29 is 36.1 Å². The molecule has 280 valence electrons. The van der Waals surface area contributed by atoms with E-state index in [0.717, 1.165) is 34.1 Å². The highest BCUT2D eigenvalue weighted by Gasteiger charge is 2.44. The Hall–Kier alpha value is -4.35. The van der Waals surface area contributed by atoms with Crippen LogP contribution in [0.2, 0.25) is 0 Å². The summed E-state index contributed by atoms with van der Waals surface area (Å²) in [6.07, 6.45) is 15.8. The molecule has 8 nitrogen and oxygen atoms in total. The molecule has 0 fully saturated rings. The van der Waals surface area contributed by atoms with Gasteiger partial charge in [0, 0.05) is 52.9 Å². The number of halogens is 2. The number of carbonyl (C=O) groups is 1. The average Bonchev–Trinajstić information content (AvgIpc) is 3.27. The van der Waals surface area contributed by atoms with Crippen LogP contribution < -0.4 is 14.8 Å². The van der Waals surface area contributed by atoms with Crippen molar-refractivity contribution in [2.45, 2.75) is 83.5 Å². The van der Waals surface area contributed by atoms with E-state index in [-0.39, 0.29) is 23.9 Å². The van der Waals surface area contributed by atoms with Crippen LogP contribution in [-0.4, -0.2) is 50.4 Å². The Kier molecular flexibility index (Phi) is 13.2. The van der Waals surface area contributed by atoms with Gasteiger partial charge in [0.05, 0.1) is 21.9 Å². The second-order valence-electron chi connectivity index (χ2n) is 14.8. The molecule has 4 rings (SSSR count). The molecular formula is C41H50F2N2O6S. The number of unbranched alkanes of at least 4 members (excludes halogenated alkanes) is 3. The summed E-state index contributed by atoms with van der Waals surface area (Å²) in [5.41, 5.74) is 2.35. The van der Waals surface area contributed by atoms with E-state index in [1.54, 1.807) is 0 Å². The number of aliphatic carboxylic acids is 1. The largest absolute Gasteiger partial charge is 0.748 e. The number of anilines is 1. The molecule has 0 spiro atoms. The molecule has 2 aliphatic heterocycles. The first-order valence-corrected chi connectivity index (χ1v) is 19.2. The molecule has 0 saturated heterocycles. The predicted molar refractivity (Wildman–Crippen MR) is 202 cm³/mol. The summed E-state index contributed by atoms with van der Waals surface area (Å²) in [6, 6.07) is 10.4. The highest BCUT2D eigenvalue weighted by molar-refractivity contribution is 7.85. The molecule has 0 bridgehead atoms. The van der Waals surface area contributed by atoms with Crippen molar-refractivity contribution in [2.24, 2.45) is 0 Å². The predicted octanol–water partition coefficient (Wildman–Crippen LogP) is 8.14. The highest BCUT2D eigenvalue weighted by Crippen LogP contribution is 2.52. The maximum Gasteiger partial charge on any atom is 0.303 e. The average molecular weight is 737 g/mol. The molecule has 52 heavy (non-hydrogen) atoms. The quantitative estimate of drug-likeness (QED) is 0.0726. The van der Waals surface area contributed by atoms with E-state index in [1.807, 2.05) is 79.1 Å². The van der Waals surface area contributed by atoms with Crippen LogP contribution in [0, 0.1) is 11.6 Å². The zero-order valence-corrected chi connectivity index (χ0v) is 31.7. The van der Waals surface area contributed by atoms with Gasteiger partial charge in [0.2, 0.25) is 5.36 Å². The van der Waals surface area contributed by atoms with E-state index in [1.165, 1.54) is 6.07 Å². The SMILES string of the molecule is C[N+](C)=c1ccc2c(/C=C/C=C/C=C/C=C3/N(CCCCCC(=O)O)c4c(F)cc(F)cc4C3(C)CCCCS(=O)(=O)[O-])cc(C(C)(C)C)oc-2c1. The Morgan fingerprint density at radius 2 is 1.69 bits per heavy atom. The maximum atomic E-state index is 15.5. The highest BCUT2D eigenvalue weighted by atomic mass is 32.2. The molecule has 1 aromatic carbocycles. The Morgan fingerprint density at radius 3 is 2.37 bits per heavy atom. The summed E-state index contributed by atoms with van der Waals surface area (Å²) in [7, 11) is -0.420. The molecule has 1 unspecified atom stereocenters. The molecule has 2 heterocycles. The van der Waals surface area contributed by atoms with E-state index in [2.05, 4.69) is 39.0 Å². The van der Waals surface area contributed by atoms with Gasteiger partial charge in [0.1, 0.15) is 37.3 Å². The summed E-state index contributed by atoms with van der Waals surface area (Å²) in [4.78, 5) is 12.8. The number of carboxylic acids is 1. The number of fused-ring (bicyclic) bond motifs is 2. The summed E-state index contributed by atoms with van der Waals surface area (Å²) < 4.78 is 72.3. The van der Waals surface area contributed by atoms with Gasteiger partial charge >= 0.3 is 5.97 Å². The normalized spacial score (nSPS) is 17.4. The lowest BCUT2D eigenvalue weighted by atomic mass is 9.77. The third kappa shape index (κ3) is 10.4. The Labute approximate surface area is 306 Å². The smallest absolute Gasteiger partial charge is 0.303 e. The van der Waals surface area contributed by atoms with E-state index < -0.39 is 38.9 Å². The Bertz CT molecular complexity index is 2030. The van der Waals surface area contributed by atoms with Gasteiger partial charge in [0.15, 0.2) is 0 Å². The van der Waals surface area contributed by atoms with Gasteiger partial charge in [-0.25, -0.2) is 21.8 Å². The third-order valence-corrected chi connectivity index (χ3v) is 10.1. The summed E-state index contributed by atoms with van der Waals surface area (Å²) in [5, 5.41) is 10.1. The van der Waals surface area contributed by atoms with Crippen molar-refractivity contribution in [2.75, 3.05) is 31.3 Å². The molecule has 0 saturated carbocycles. The molecule has 11 heteroatoms. The minimum atomic E-state index is -4.40. The third-order valence-electron chi connectivity index (χ3n) is 9.35. The van der Waals surface area contributed by atoms with Gasteiger partial charge in [-0.05, 0) is 68.0 Å². The Morgan fingerprint density at radius 1 is 0.981 bits per heavy atom. The van der Waals surface area contributed by atoms with Crippen LogP contribution in [0.4, 0.5) is 14.5 Å². The van der Waals surface area contributed by atoms with Crippen molar-refractivity contribution >= 4 is 27.9 Å². The molecule has 0 amide bonds. The monoisotopic (exact) mass is 736 g/mol. The fraction of sp³-hybridized carbons (Fsp3) is 0.415. The van der Waals surface area contributed by atoms with Crippen molar-refractivity contribution in [1.82, 2.24) is 4.58 Å². The first-order chi connectivity index (χ1) is 24.4. The molecule has 1 N–H and O–H groups in total. The van der Waals surface area contributed by atoms with Gasteiger partial charge in [-0.15, -0.1) is 0 Å². The first kappa shape index (κ1) is 40.4. The van der Waals surface area contributed by atoms with Gasteiger partial charge in [-0.3, -0.25) is 4.79 Å². The Balaban J connectivity index is 1.64. The second-order valence-corrected chi connectivity index (χ2v) is 16.3. The minimum Gasteiger partial charge on any atom is -0.748 e. The zero-order valence-electron chi connectivity index (χ0n) is 30.9. The van der Waals surface area contributed by atoms with E-state index in [9.17, 15) is 22.2 Å². The second kappa shape index (κ2) is 17.0. The standard InChI is InChI=1S/C41H50F2N2O6S/c1-40(2,3)37-25-29(32-21-20-31(44(5)6)28-35(32)51-37)17-11-8-7-9-12-18-36-41(4,22-14-16-24-52(48,49)50)33-26-30(42)27-34(43)39(33)45(36)23-15-10-13-19-38(46)47/h7-9,11-12,17-18,20-21,25-28H,10,13-16,19,22-24H2,1-6H3,(H-,46,47,48,49,50). The van der Waals surface area contributed by atoms with Crippen molar-refractivity contribution in [1.29, 1.82) is 0 Å². The fourth-order valence-electron chi connectivity index (χ4n) is 6.55. The molecule has 1 aliphatic carbocycles. The van der Waals surface area contributed by atoms with Crippen molar-refractivity contribution in [3.05, 3.63) is 112 Å². The number of carboxylic acid groups (broad SMARTS) is 1. The topological polar surface area (TPSA) is 114 Å². The zero-order chi connectivity index (χ0) is 38.3. The lowest BCUT2D eigenvalue weighted by molar-refractivity contribution is -0.137. The van der Waals surface area contributed by atoms with Crippen LogP contribution in [0.3, 0.4) is 0 Å². The van der Waals surface area contributed by atoms with Crippen LogP contribution in [0.15, 0.2) is 83.0 Å². The minimum absolute atomic E-state index is 0.0354. The van der Waals surface area contributed by atoms with E-state index >= 15 is 4.39 Å².